The summed E-state index contributed by atoms with van der Waals surface area (Å²) in [5.41, 5.74) is 0. The molecule has 2 rings (SSSR count). The highest BCUT2D eigenvalue weighted by Crippen LogP contribution is 2.20. The lowest BCUT2D eigenvalue weighted by atomic mass is 10.4. The van der Waals surface area contributed by atoms with Crippen LogP contribution in [0.5, 0.6) is 0 Å². The summed E-state index contributed by atoms with van der Waals surface area (Å²) in [6.07, 6.45) is 0.904. The summed E-state index contributed by atoms with van der Waals surface area (Å²) in [7, 11) is 0. The first-order valence-electron chi connectivity index (χ1n) is 3.35. The summed E-state index contributed by atoms with van der Waals surface area (Å²) < 4.78 is 0.856. The van der Waals surface area contributed by atoms with Gasteiger partial charge in [-0.3, -0.25) is 0 Å². The van der Waals surface area contributed by atoms with Gasteiger partial charge in [0.15, 0.2) is 3.92 Å². The summed E-state index contributed by atoms with van der Waals surface area (Å²) in [4.78, 5) is 1.33. The molecule has 0 saturated carbocycles. The van der Waals surface area contributed by atoms with Gasteiger partial charge in [0.05, 0.1) is 0 Å². The Bertz CT molecular complexity index is 355. The van der Waals surface area contributed by atoms with Crippen molar-refractivity contribution < 1.29 is 0 Å². The molecule has 5 heteroatoms. The number of halogens is 1. The molecule has 2 aromatic heterocycles. The van der Waals surface area contributed by atoms with Gasteiger partial charge < -0.3 is 0 Å². The topological polar surface area (TPSA) is 25.8 Å². The van der Waals surface area contributed by atoms with Crippen molar-refractivity contribution in [1.82, 2.24) is 10.2 Å². The van der Waals surface area contributed by atoms with Crippen molar-refractivity contribution in [2.75, 3.05) is 0 Å². The quantitative estimate of drug-likeness (QED) is 0.830. The van der Waals surface area contributed by atoms with E-state index in [1.807, 2.05) is 0 Å². The van der Waals surface area contributed by atoms with Crippen LogP contribution in [0.25, 0.3) is 0 Å². The van der Waals surface area contributed by atoms with Gasteiger partial charge in [-0.15, -0.1) is 21.5 Å². The monoisotopic (exact) mass is 260 g/mol. The van der Waals surface area contributed by atoms with Crippen LogP contribution in [0.1, 0.15) is 9.88 Å². The van der Waals surface area contributed by atoms with E-state index in [0.29, 0.717) is 0 Å². The molecule has 0 unspecified atom stereocenters. The van der Waals surface area contributed by atoms with Crippen LogP contribution in [0, 0.1) is 0 Å². The molecule has 0 N–H and O–H groups in total. The van der Waals surface area contributed by atoms with E-state index in [0.717, 1.165) is 15.3 Å². The molecule has 2 heterocycles. The molecule has 0 aliphatic rings. The van der Waals surface area contributed by atoms with E-state index in [9.17, 15) is 0 Å². The van der Waals surface area contributed by atoms with E-state index >= 15 is 0 Å². The number of rotatable bonds is 2. The van der Waals surface area contributed by atoms with E-state index in [1.54, 1.807) is 22.7 Å². The minimum Gasteiger partial charge on any atom is -0.148 e. The van der Waals surface area contributed by atoms with Crippen LogP contribution in [0.15, 0.2) is 21.4 Å². The molecule has 0 atom stereocenters. The molecule has 0 aliphatic heterocycles. The van der Waals surface area contributed by atoms with Gasteiger partial charge in [0, 0.05) is 11.3 Å². The maximum atomic E-state index is 4.02. The highest BCUT2D eigenvalue weighted by atomic mass is 79.9. The van der Waals surface area contributed by atoms with E-state index < -0.39 is 0 Å². The van der Waals surface area contributed by atoms with Crippen LogP contribution < -0.4 is 0 Å². The molecular weight excluding hydrogens is 256 g/mol. The van der Waals surface area contributed by atoms with E-state index in [4.69, 9.17) is 0 Å². The summed E-state index contributed by atoms with van der Waals surface area (Å²) in [5.74, 6) is 0. The third-order valence-electron chi connectivity index (χ3n) is 1.35. The molecule has 62 valence electrons. The minimum atomic E-state index is 0.856. The van der Waals surface area contributed by atoms with E-state index in [1.165, 1.54) is 4.88 Å². The first kappa shape index (κ1) is 8.34. The predicted molar refractivity (Wildman–Crippen MR) is 54.7 cm³/mol. The summed E-state index contributed by atoms with van der Waals surface area (Å²) in [5, 5.41) is 11.0. The largest absolute Gasteiger partial charge is 0.183 e. The average Bonchev–Trinajstić information content (AvgIpc) is 2.63. The SMILES string of the molecule is Brc1nnc(Cc2cccs2)s1. The fourth-order valence-corrected chi connectivity index (χ4v) is 2.89. The van der Waals surface area contributed by atoms with Crippen molar-refractivity contribution >= 4 is 38.6 Å². The highest BCUT2D eigenvalue weighted by molar-refractivity contribution is 9.11. The van der Waals surface area contributed by atoms with E-state index in [2.05, 4.69) is 43.6 Å². The molecule has 0 fully saturated rings. The Morgan fingerprint density at radius 3 is 2.92 bits per heavy atom. The van der Waals surface area contributed by atoms with Crippen LogP contribution in [0.4, 0.5) is 0 Å². The lowest BCUT2D eigenvalue weighted by Crippen LogP contribution is -1.81. The van der Waals surface area contributed by atoms with Crippen LogP contribution >= 0.6 is 38.6 Å². The van der Waals surface area contributed by atoms with E-state index in [-0.39, 0.29) is 0 Å². The maximum Gasteiger partial charge on any atom is 0.183 e. The molecule has 2 nitrogen and oxygen atoms in total. The van der Waals surface area contributed by atoms with Crippen LogP contribution in [0.2, 0.25) is 0 Å². The lowest BCUT2D eigenvalue weighted by Gasteiger charge is -1.87. The van der Waals surface area contributed by atoms with Gasteiger partial charge in [0.2, 0.25) is 0 Å². The Morgan fingerprint density at radius 2 is 2.33 bits per heavy atom. The first-order chi connectivity index (χ1) is 5.84. The molecule has 2 aromatic rings. The Kier molecular flexibility index (Phi) is 2.53. The molecule has 0 amide bonds. The normalized spacial score (nSPS) is 10.4. The summed E-state index contributed by atoms with van der Waals surface area (Å²) in [6.45, 7) is 0. The third kappa shape index (κ3) is 1.91. The molecule has 0 spiro atoms. The van der Waals surface area contributed by atoms with Crippen molar-refractivity contribution in [1.29, 1.82) is 0 Å². The molecule has 12 heavy (non-hydrogen) atoms. The predicted octanol–water partition coefficient (Wildman–Crippen LogP) is 2.95. The zero-order valence-electron chi connectivity index (χ0n) is 6.03. The fraction of sp³-hybridized carbons (Fsp3) is 0.143. The first-order valence-corrected chi connectivity index (χ1v) is 5.84. The number of aromatic nitrogens is 2. The standard InChI is InChI=1S/C7H5BrN2S2/c8-7-10-9-6(12-7)4-5-2-1-3-11-5/h1-3H,4H2. The van der Waals surface area contributed by atoms with Gasteiger partial charge in [-0.25, -0.2) is 0 Å². The van der Waals surface area contributed by atoms with Crippen molar-refractivity contribution in [3.63, 3.8) is 0 Å². The number of nitrogens with zero attached hydrogens (tertiary/aromatic N) is 2. The van der Waals surface area contributed by atoms with Gasteiger partial charge in [-0.2, -0.15) is 0 Å². The molecule has 0 aliphatic carbocycles. The average molecular weight is 261 g/mol. The maximum absolute atomic E-state index is 4.02. The van der Waals surface area contributed by atoms with Crippen LogP contribution in [-0.4, -0.2) is 10.2 Å². The van der Waals surface area contributed by atoms with Crippen LogP contribution in [0.3, 0.4) is 0 Å². The van der Waals surface area contributed by atoms with Crippen LogP contribution in [-0.2, 0) is 6.42 Å². The van der Waals surface area contributed by atoms with Crippen molar-refractivity contribution in [3.05, 3.63) is 31.3 Å². The zero-order chi connectivity index (χ0) is 8.39. The Labute approximate surface area is 86.4 Å². The van der Waals surface area contributed by atoms with Crippen molar-refractivity contribution in [2.24, 2.45) is 0 Å². The number of hydrogen-bond acceptors (Lipinski definition) is 4. The zero-order valence-corrected chi connectivity index (χ0v) is 9.25. The summed E-state index contributed by atoms with van der Waals surface area (Å²) >= 11 is 6.62. The Balaban J connectivity index is 2.14. The fourth-order valence-electron chi connectivity index (χ4n) is 0.867. The number of thiophene rings is 1. The second-order valence-electron chi connectivity index (χ2n) is 2.20. The number of hydrogen-bond donors (Lipinski definition) is 0. The smallest absolute Gasteiger partial charge is 0.148 e. The molecule has 0 bridgehead atoms. The van der Waals surface area contributed by atoms with Gasteiger partial charge >= 0.3 is 0 Å². The Morgan fingerprint density at radius 1 is 1.42 bits per heavy atom. The van der Waals surface area contributed by atoms with Crippen molar-refractivity contribution in [2.45, 2.75) is 6.42 Å². The second kappa shape index (κ2) is 3.64. The highest BCUT2D eigenvalue weighted by Gasteiger charge is 2.02. The van der Waals surface area contributed by atoms with Crippen molar-refractivity contribution in [3.8, 4) is 0 Å². The second-order valence-corrected chi connectivity index (χ2v) is 5.58. The van der Waals surface area contributed by atoms with Gasteiger partial charge in [-0.05, 0) is 27.4 Å². The van der Waals surface area contributed by atoms with Gasteiger partial charge in [-0.1, -0.05) is 17.4 Å². The van der Waals surface area contributed by atoms with Gasteiger partial charge in [0.25, 0.3) is 0 Å². The third-order valence-corrected chi connectivity index (χ3v) is 3.58. The van der Waals surface area contributed by atoms with Gasteiger partial charge in [0.1, 0.15) is 5.01 Å². The summed E-state index contributed by atoms with van der Waals surface area (Å²) in [6, 6.07) is 4.16. The lowest BCUT2D eigenvalue weighted by molar-refractivity contribution is 1.000. The minimum absolute atomic E-state index is 0.856. The molecule has 0 aromatic carbocycles. The molecular formula is C7H5BrN2S2. The molecule has 0 radical (unpaired) electrons. The Hall–Kier alpha value is -0.260. The molecule has 0 saturated heterocycles.